The predicted molar refractivity (Wildman–Crippen MR) is 151 cm³/mol. The summed E-state index contributed by atoms with van der Waals surface area (Å²) >= 11 is 6.01. The molecule has 11 heteroatoms. The van der Waals surface area contributed by atoms with Gasteiger partial charge in [-0.2, -0.15) is 0 Å². The van der Waals surface area contributed by atoms with Crippen molar-refractivity contribution in [2.75, 3.05) is 32.1 Å². The normalized spacial score (nSPS) is 11.8. The summed E-state index contributed by atoms with van der Waals surface area (Å²) in [5, 5.41) is 3.08. The quantitative estimate of drug-likeness (QED) is 0.371. The van der Waals surface area contributed by atoms with Gasteiger partial charge < -0.3 is 19.7 Å². The van der Waals surface area contributed by atoms with Gasteiger partial charge in [-0.1, -0.05) is 41.4 Å². The number of nitrogens with zero attached hydrogens (tertiary/aromatic N) is 2. The van der Waals surface area contributed by atoms with E-state index >= 15 is 0 Å². The van der Waals surface area contributed by atoms with Gasteiger partial charge >= 0.3 is 0 Å². The van der Waals surface area contributed by atoms with Crippen LogP contribution in [0.1, 0.15) is 18.1 Å². The molecule has 0 spiro atoms. The molecule has 208 valence electrons. The highest BCUT2D eigenvalue weighted by Crippen LogP contribution is 2.32. The van der Waals surface area contributed by atoms with Gasteiger partial charge in [-0.05, 0) is 55.8 Å². The Balaban J connectivity index is 2.06. The number of hydrogen-bond acceptors (Lipinski definition) is 6. The van der Waals surface area contributed by atoms with Crippen LogP contribution in [0.3, 0.4) is 0 Å². The number of anilines is 1. The number of halogens is 1. The van der Waals surface area contributed by atoms with Crippen LogP contribution in [0.15, 0.2) is 71.6 Å². The molecule has 0 fully saturated rings. The topological polar surface area (TPSA) is 105 Å². The molecule has 0 aliphatic rings. The van der Waals surface area contributed by atoms with E-state index in [9.17, 15) is 18.0 Å². The van der Waals surface area contributed by atoms with Crippen molar-refractivity contribution >= 4 is 39.1 Å². The fourth-order valence-corrected chi connectivity index (χ4v) is 5.48. The summed E-state index contributed by atoms with van der Waals surface area (Å²) in [7, 11) is 0.0829. The van der Waals surface area contributed by atoms with Gasteiger partial charge in [0.1, 0.15) is 12.6 Å². The Hall–Kier alpha value is -3.76. The molecule has 2 amide bonds. The molecule has 0 aliphatic heterocycles. The standard InChI is InChI=1S/C28H32ClN3O6S/c1-19-6-12-23(13-7-19)32(39(35,36)24-14-15-25(37-4)26(16-24)38-5)18-27(33)31(20(2)28(34)30-3)17-21-8-10-22(29)11-9-21/h6-16,20H,17-18H2,1-5H3,(H,30,34)/t20-/m0/s1. The third-order valence-corrected chi connectivity index (χ3v) is 8.25. The van der Waals surface area contributed by atoms with Crippen molar-refractivity contribution in [1.82, 2.24) is 10.2 Å². The monoisotopic (exact) mass is 573 g/mol. The van der Waals surface area contributed by atoms with E-state index < -0.39 is 28.5 Å². The van der Waals surface area contributed by atoms with E-state index in [0.29, 0.717) is 16.5 Å². The number of benzene rings is 3. The first kappa shape index (κ1) is 29.8. The van der Waals surface area contributed by atoms with E-state index in [4.69, 9.17) is 21.1 Å². The van der Waals surface area contributed by atoms with Crippen molar-refractivity contribution in [2.45, 2.75) is 31.3 Å². The van der Waals surface area contributed by atoms with Gasteiger partial charge in [-0.3, -0.25) is 13.9 Å². The van der Waals surface area contributed by atoms with E-state index in [0.717, 1.165) is 15.4 Å². The molecule has 3 aromatic rings. The fraction of sp³-hybridized carbons (Fsp3) is 0.286. The maximum absolute atomic E-state index is 14.0. The second-order valence-corrected chi connectivity index (χ2v) is 11.1. The zero-order chi connectivity index (χ0) is 28.7. The maximum atomic E-state index is 14.0. The number of carbonyl (C=O) groups is 2. The first-order valence-corrected chi connectivity index (χ1v) is 13.9. The summed E-state index contributed by atoms with van der Waals surface area (Å²) in [6.07, 6.45) is 0. The summed E-state index contributed by atoms with van der Waals surface area (Å²) in [4.78, 5) is 27.6. The van der Waals surface area contributed by atoms with E-state index in [-0.39, 0.29) is 23.1 Å². The van der Waals surface area contributed by atoms with Crippen LogP contribution in [0.25, 0.3) is 0 Å². The third kappa shape index (κ3) is 7.01. The molecule has 0 heterocycles. The first-order valence-electron chi connectivity index (χ1n) is 12.1. The van der Waals surface area contributed by atoms with Crippen molar-refractivity contribution in [3.05, 3.63) is 82.9 Å². The molecule has 39 heavy (non-hydrogen) atoms. The number of rotatable bonds is 11. The van der Waals surface area contributed by atoms with E-state index in [2.05, 4.69) is 5.32 Å². The number of hydrogen-bond donors (Lipinski definition) is 1. The Kier molecular flexibility index (Phi) is 9.82. The number of carbonyl (C=O) groups excluding carboxylic acids is 2. The Bertz CT molecular complexity index is 1410. The van der Waals surface area contributed by atoms with Crippen LogP contribution in [0.4, 0.5) is 5.69 Å². The van der Waals surface area contributed by atoms with Crippen LogP contribution >= 0.6 is 11.6 Å². The van der Waals surface area contributed by atoms with Crippen LogP contribution in [-0.4, -0.2) is 59.0 Å². The minimum atomic E-state index is -4.25. The van der Waals surface area contributed by atoms with Gasteiger partial charge in [0.25, 0.3) is 10.0 Å². The van der Waals surface area contributed by atoms with Crippen molar-refractivity contribution in [2.24, 2.45) is 0 Å². The largest absolute Gasteiger partial charge is 0.493 e. The molecule has 3 aromatic carbocycles. The Morgan fingerprint density at radius 3 is 2.13 bits per heavy atom. The Morgan fingerprint density at radius 1 is 0.949 bits per heavy atom. The lowest BCUT2D eigenvalue weighted by atomic mass is 10.1. The third-order valence-electron chi connectivity index (χ3n) is 6.22. The fourth-order valence-electron chi connectivity index (χ4n) is 3.92. The van der Waals surface area contributed by atoms with Crippen LogP contribution < -0.4 is 19.1 Å². The zero-order valence-electron chi connectivity index (χ0n) is 22.5. The van der Waals surface area contributed by atoms with E-state index in [1.54, 1.807) is 55.5 Å². The molecule has 9 nitrogen and oxygen atoms in total. The summed E-state index contributed by atoms with van der Waals surface area (Å²) in [5.41, 5.74) is 1.95. The van der Waals surface area contributed by atoms with Crippen LogP contribution in [0.2, 0.25) is 5.02 Å². The number of sulfonamides is 1. The van der Waals surface area contributed by atoms with E-state index in [1.165, 1.54) is 44.4 Å². The highest BCUT2D eigenvalue weighted by molar-refractivity contribution is 7.92. The number of methoxy groups -OCH3 is 2. The summed E-state index contributed by atoms with van der Waals surface area (Å²) in [5.74, 6) is -0.359. The average molecular weight is 574 g/mol. The van der Waals surface area contributed by atoms with Gasteiger partial charge in [0.15, 0.2) is 11.5 Å². The molecule has 0 unspecified atom stereocenters. The highest BCUT2D eigenvalue weighted by Gasteiger charge is 2.32. The van der Waals surface area contributed by atoms with Crippen molar-refractivity contribution in [3.8, 4) is 11.5 Å². The number of aryl methyl sites for hydroxylation is 1. The van der Waals surface area contributed by atoms with Gasteiger partial charge in [-0.25, -0.2) is 8.42 Å². The summed E-state index contributed by atoms with van der Waals surface area (Å²) in [6, 6.07) is 17.0. The molecule has 0 radical (unpaired) electrons. The SMILES string of the molecule is CNC(=O)[C@H](C)N(Cc1ccc(Cl)cc1)C(=O)CN(c1ccc(C)cc1)S(=O)(=O)c1ccc(OC)c(OC)c1. The summed E-state index contributed by atoms with van der Waals surface area (Å²) < 4.78 is 39.5. The molecular formula is C28H32ClN3O6S. The Labute approximate surface area is 234 Å². The molecule has 0 saturated carbocycles. The minimum absolute atomic E-state index is 0.0722. The van der Waals surface area contributed by atoms with E-state index in [1.807, 2.05) is 6.92 Å². The lowest BCUT2D eigenvalue weighted by Crippen LogP contribution is -2.50. The molecule has 3 rings (SSSR count). The molecule has 0 aliphatic carbocycles. The smallest absolute Gasteiger partial charge is 0.264 e. The first-order chi connectivity index (χ1) is 18.5. The van der Waals surface area contributed by atoms with Crippen LogP contribution in [0, 0.1) is 6.92 Å². The van der Waals surface area contributed by atoms with Gasteiger partial charge in [-0.15, -0.1) is 0 Å². The van der Waals surface area contributed by atoms with Crippen molar-refractivity contribution in [1.29, 1.82) is 0 Å². The van der Waals surface area contributed by atoms with Crippen LogP contribution in [0.5, 0.6) is 11.5 Å². The van der Waals surface area contributed by atoms with Gasteiger partial charge in [0.05, 0.1) is 24.8 Å². The van der Waals surface area contributed by atoms with Crippen molar-refractivity contribution in [3.63, 3.8) is 0 Å². The minimum Gasteiger partial charge on any atom is -0.493 e. The molecule has 1 N–H and O–H groups in total. The predicted octanol–water partition coefficient (Wildman–Crippen LogP) is 4.02. The highest BCUT2D eigenvalue weighted by atomic mass is 35.5. The number of ether oxygens (including phenoxy) is 2. The number of likely N-dealkylation sites (N-methyl/N-ethyl adjacent to an activating group) is 1. The lowest BCUT2D eigenvalue weighted by Gasteiger charge is -2.32. The summed E-state index contributed by atoms with van der Waals surface area (Å²) in [6.45, 7) is 2.99. The lowest BCUT2D eigenvalue weighted by molar-refractivity contribution is -0.139. The van der Waals surface area contributed by atoms with Gasteiger partial charge in [0, 0.05) is 24.7 Å². The van der Waals surface area contributed by atoms with Crippen molar-refractivity contribution < 1.29 is 27.5 Å². The molecule has 1 atom stereocenters. The second-order valence-electron chi connectivity index (χ2n) is 8.80. The Morgan fingerprint density at radius 2 is 1.56 bits per heavy atom. The van der Waals surface area contributed by atoms with Gasteiger partial charge in [0.2, 0.25) is 11.8 Å². The van der Waals surface area contributed by atoms with Crippen LogP contribution in [-0.2, 0) is 26.2 Å². The molecule has 0 saturated heterocycles. The maximum Gasteiger partial charge on any atom is 0.264 e. The number of nitrogens with one attached hydrogen (secondary N) is 1. The second kappa shape index (κ2) is 12.9. The molecule has 0 bridgehead atoms. The molecule has 0 aromatic heterocycles. The molecular weight excluding hydrogens is 542 g/mol. The average Bonchev–Trinajstić information content (AvgIpc) is 2.94. The zero-order valence-corrected chi connectivity index (χ0v) is 24.0. The number of amides is 2.